The van der Waals surface area contributed by atoms with Crippen LogP contribution >= 0.6 is 0 Å². The molecule has 2 atom stereocenters. The molecular formula is C16H19N3O2. The van der Waals surface area contributed by atoms with Gasteiger partial charge in [0.15, 0.2) is 0 Å². The van der Waals surface area contributed by atoms with Crippen LogP contribution in [0.4, 0.5) is 0 Å². The average Bonchev–Trinajstić information content (AvgIpc) is 2.53. The third-order valence-corrected chi connectivity index (χ3v) is 3.75. The van der Waals surface area contributed by atoms with E-state index in [1.807, 2.05) is 42.2 Å². The van der Waals surface area contributed by atoms with Crippen molar-refractivity contribution in [2.45, 2.75) is 19.1 Å². The Labute approximate surface area is 123 Å². The van der Waals surface area contributed by atoms with E-state index in [4.69, 9.17) is 10.5 Å². The molecule has 5 nitrogen and oxygen atoms in total. The summed E-state index contributed by atoms with van der Waals surface area (Å²) < 4.78 is 5.71. The van der Waals surface area contributed by atoms with E-state index in [-0.39, 0.29) is 18.1 Å². The molecule has 1 aromatic heterocycles. The van der Waals surface area contributed by atoms with Gasteiger partial charge < -0.3 is 15.4 Å². The van der Waals surface area contributed by atoms with E-state index in [9.17, 15) is 4.79 Å². The SMILES string of the molecule is CC1CN(C(=O)c2cccc3ncccc23)CC(CN)O1. The van der Waals surface area contributed by atoms with Gasteiger partial charge in [0.1, 0.15) is 0 Å². The lowest BCUT2D eigenvalue weighted by Crippen LogP contribution is -2.51. The molecule has 2 unspecified atom stereocenters. The van der Waals surface area contributed by atoms with Crippen molar-refractivity contribution >= 4 is 16.8 Å². The number of carbonyl (C=O) groups excluding carboxylic acids is 1. The second-order valence-corrected chi connectivity index (χ2v) is 5.39. The number of carbonyl (C=O) groups is 1. The summed E-state index contributed by atoms with van der Waals surface area (Å²) in [5.41, 5.74) is 7.20. The highest BCUT2D eigenvalue weighted by Gasteiger charge is 2.28. The molecule has 1 aliphatic heterocycles. The Hall–Kier alpha value is -1.98. The van der Waals surface area contributed by atoms with Crippen molar-refractivity contribution in [2.75, 3.05) is 19.6 Å². The van der Waals surface area contributed by atoms with Gasteiger partial charge in [-0.15, -0.1) is 0 Å². The zero-order chi connectivity index (χ0) is 14.8. The van der Waals surface area contributed by atoms with Crippen LogP contribution < -0.4 is 5.73 Å². The highest BCUT2D eigenvalue weighted by molar-refractivity contribution is 6.06. The number of hydrogen-bond acceptors (Lipinski definition) is 4. The maximum atomic E-state index is 12.8. The molecule has 0 radical (unpaired) electrons. The Bertz CT molecular complexity index is 654. The van der Waals surface area contributed by atoms with Crippen LogP contribution in [0.5, 0.6) is 0 Å². The van der Waals surface area contributed by atoms with Gasteiger partial charge in [-0.05, 0) is 25.1 Å². The molecule has 0 spiro atoms. The number of benzene rings is 1. The minimum atomic E-state index is -0.0919. The molecule has 1 fully saturated rings. The zero-order valence-corrected chi connectivity index (χ0v) is 12.0. The maximum Gasteiger partial charge on any atom is 0.254 e. The van der Waals surface area contributed by atoms with E-state index in [1.54, 1.807) is 6.20 Å². The van der Waals surface area contributed by atoms with Crippen molar-refractivity contribution in [3.8, 4) is 0 Å². The number of aromatic nitrogens is 1. The summed E-state index contributed by atoms with van der Waals surface area (Å²) in [5, 5.41) is 0.883. The molecule has 21 heavy (non-hydrogen) atoms. The van der Waals surface area contributed by atoms with Gasteiger partial charge in [0.05, 0.1) is 17.7 Å². The molecule has 2 aromatic rings. The predicted octanol–water partition coefficient (Wildman–Crippen LogP) is 1.42. The predicted molar refractivity (Wildman–Crippen MR) is 81.0 cm³/mol. The molecule has 1 aliphatic rings. The summed E-state index contributed by atoms with van der Waals surface area (Å²) in [5.74, 6) is 0.0159. The lowest BCUT2D eigenvalue weighted by atomic mass is 10.1. The number of ether oxygens (including phenoxy) is 1. The first-order valence-corrected chi connectivity index (χ1v) is 7.17. The third kappa shape index (κ3) is 2.75. The molecule has 0 bridgehead atoms. The number of hydrogen-bond donors (Lipinski definition) is 1. The fourth-order valence-electron chi connectivity index (χ4n) is 2.80. The topological polar surface area (TPSA) is 68.5 Å². The Morgan fingerprint density at radius 2 is 2.24 bits per heavy atom. The van der Waals surface area contributed by atoms with Gasteiger partial charge in [-0.2, -0.15) is 0 Å². The Kier molecular flexibility index (Phi) is 3.86. The largest absolute Gasteiger partial charge is 0.370 e. The third-order valence-electron chi connectivity index (χ3n) is 3.75. The summed E-state index contributed by atoms with van der Waals surface area (Å²) in [6.45, 7) is 3.51. The second-order valence-electron chi connectivity index (χ2n) is 5.39. The Morgan fingerprint density at radius 1 is 1.38 bits per heavy atom. The molecule has 5 heteroatoms. The van der Waals surface area contributed by atoms with Crippen LogP contribution in [0.15, 0.2) is 36.5 Å². The number of nitrogens with zero attached hydrogens (tertiary/aromatic N) is 2. The van der Waals surface area contributed by atoms with Crippen molar-refractivity contribution in [1.82, 2.24) is 9.88 Å². The molecule has 1 amide bonds. The van der Waals surface area contributed by atoms with Crippen molar-refractivity contribution < 1.29 is 9.53 Å². The van der Waals surface area contributed by atoms with E-state index in [0.29, 0.717) is 25.2 Å². The Morgan fingerprint density at radius 3 is 3.05 bits per heavy atom. The van der Waals surface area contributed by atoms with Gasteiger partial charge in [0, 0.05) is 36.8 Å². The van der Waals surface area contributed by atoms with E-state index in [0.717, 1.165) is 10.9 Å². The van der Waals surface area contributed by atoms with Gasteiger partial charge in [-0.25, -0.2) is 0 Å². The van der Waals surface area contributed by atoms with Crippen molar-refractivity contribution in [2.24, 2.45) is 5.73 Å². The van der Waals surface area contributed by atoms with Crippen molar-refractivity contribution in [3.05, 3.63) is 42.1 Å². The van der Waals surface area contributed by atoms with E-state index in [2.05, 4.69) is 4.98 Å². The minimum absolute atomic E-state index is 0.00403. The fourth-order valence-corrected chi connectivity index (χ4v) is 2.80. The summed E-state index contributed by atoms with van der Waals surface area (Å²) in [4.78, 5) is 18.9. The highest BCUT2D eigenvalue weighted by atomic mass is 16.5. The molecule has 0 aliphatic carbocycles. The molecular weight excluding hydrogens is 266 g/mol. The number of fused-ring (bicyclic) bond motifs is 1. The standard InChI is InChI=1S/C16H19N3O2/c1-11-9-19(10-12(8-17)21-11)16(20)14-4-2-6-15-13(14)5-3-7-18-15/h2-7,11-12H,8-10,17H2,1H3. The number of rotatable bonds is 2. The van der Waals surface area contributed by atoms with Gasteiger partial charge in [0.2, 0.25) is 0 Å². The molecule has 1 aromatic carbocycles. The normalized spacial score (nSPS) is 22.5. The summed E-state index contributed by atoms with van der Waals surface area (Å²) in [7, 11) is 0. The lowest BCUT2D eigenvalue weighted by Gasteiger charge is -2.36. The van der Waals surface area contributed by atoms with Gasteiger partial charge in [-0.1, -0.05) is 12.1 Å². The first-order chi connectivity index (χ1) is 10.2. The molecule has 2 N–H and O–H groups in total. The Balaban J connectivity index is 1.93. The average molecular weight is 285 g/mol. The summed E-state index contributed by atoms with van der Waals surface area (Å²) in [6, 6.07) is 9.41. The number of pyridine rings is 1. The van der Waals surface area contributed by atoms with Crippen LogP contribution in [0.25, 0.3) is 10.9 Å². The first-order valence-electron chi connectivity index (χ1n) is 7.17. The second kappa shape index (κ2) is 5.79. The molecule has 1 saturated heterocycles. The van der Waals surface area contributed by atoms with Gasteiger partial charge in [0.25, 0.3) is 5.91 Å². The number of morpholine rings is 1. The van der Waals surface area contributed by atoms with Crippen molar-refractivity contribution in [3.63, 3.8) is 0 Å². The van der Waals surface area contributed by atoms with Crippen LogP contribution in [-0.2, 0) is 4.74 Å². The maximum absolute atomic E-state index is 12.8. The van der Waals surface area contributed by atoms with E-state index in [1.165, 1.54) is 0 Å². The first kappa shape index (κ1) is 14.0. The van der Waals surface area contributed by atoms with Crippen LogP contribution in [-0.4, -0.2) is 47.6 Å². The quantitative estimate of drug-likeness (QED) is 0.906. The van der Waals surface area contributed by atoms with Gasteiger partial charge >= 0.3 is 0 Å². The number of nitrogens with two attached hydrogens (primary N) is 1. The highest BCUT2D eigenvalue weighted by Crippen LogP contribution is 2.20. The minimum Gasteiger partial charge on any atom is -0.370 e. The van der Waals surface area contributed by atoms with Crippen LogP contribution in [0, 0.1) is 0 Å². The zero-order valence-electron chi connectivity index (χ0n) is 12.0. The smallest absolute Gasteiger partial charge is 0.254 e. The monoisotopic (exact) mass is 285 g/mol. The number of amides is 1. The van der Waals surface area contributed by atoms with Crippen LogP contribution in [0.2, 0.25) is 0 Å². The van der Waals surface area contributed by atoms with E-state index >= 15 is 0 Å². The summed E-state index contributed by atoms with van der Waals surface area (Å²) >= 11 is 0. The molecule has 2 heterocycles. The molecule has 0 saturated carbocycles. The van der Waals surface area contributed by atoms with Crippen molar-refractivity contribution in [1.29, 1.82) is 0 Å². The molecule has 3 rings (SSSR count). The van der Waals surface area contributed by atoms with Crippen LogP contribution in [0.3, 0.4) is 0 Å². The van der Waals surface area contributed by atoms with Crippen LogP contribution in [0.1, 0.15) is 17.3 Å². The fraction of sp³-hybridized carbons (Fsp3) is 0.375. The molecule has 110 valence electrons. The summed E-state index contributed by atoms with van der Waals surface area (Å²) in [6.07, 6.45) is 1.65. The lowest BCUT2D eigenvalue weighted by molar-refractivity contribution is -0.0625. The van der Waals surface area contributed by atoms with Gasteiger partial charge in [-0.3, -0.25) is 9.78 Å². The van der Waals surface area contributed by atoms with E-state index < -0.39 is 0 Å².